The molecule has 0 bridgehead atoms. The Balaban J connectivity index is 4.17. The smallest absolute Gasteiger partial charge is 0.317 e. The third-order valence-electron chi connectivity index (χ3n) is 2.71. The molecule has 0 spiro atoms. The van der Waals surface area contributed by atoms with Gasteiger partial charge in [-0.3, -0.25) is 9.59 Å². The monoisotopic (exact) mass is 288 g/mol. The highest BCUT2D eigenvalue weighted by Gasteiger charge is 2.23. The molecule has 7 nitrogen and oxygen atoms in total. The second-order valence-electron chi connectivity index (χ2n) is 5.18. The molecule has 0 aliphatic rings. The molecule has 0 saturated carbocycles. The fraction of sp³-hybridized carbons (Fsp3) is 0.769. The zero-order chi connectivity index (χ0) is 15.8. The lowest BCUT2D eigenvalue weighted by Crippen LogP contribution is -2.49. The van der Waals surface area contributed by atoms with Gasteiger partial charge >= 0.3 is 18.0 Å². The first kappa shape index (κ1) is 18.2. The van der Waals surface area contributed by atoms with Gasteiger partial charge in [0.25, 0.3) is 0 Å². The molecule has 0 aliphatic carbocycles. The minimum Gasteiger partial charge on any atom is -0.481 e. The van der Waals surface area contributed by atoms with Crippen LogP contribution in [0.5, 0.6) is 0 Å². The van der Waals surface area contributed by atoms with Gasteiger partial charge in [0.05, 0.1) is 13.0 Å². The summed E-state index contributed by atoms with van der Waals surface area (Å²) in [6.07, 6.45) is 0.451. The number of carbonyl (C=O) groups excluding carboxylic acids is 2. The SMILES string of the molecule is CCOC(=O)CCN(C)C(=O)NC(C)(C)CCC(=O)O. The van der Waals surface area contributed by atoms with Crippen molar-refractivity contribution in [3.8, 4) is 0 Å². The Morgan fingerprint density at radius 3 is 2.35 bits per heavy atom. The van der Waals surface area contributed by atoms with Gasteiger partial charge in [-0.2, -0.15) is 0 Å². The van der Waals surface area contributed by atoms with Gasteiger partial charge in [0, 0.05) is 25.6 Å². The first-order valence-electron chi connectivity index (χ1n) is 6.58. The minimum absolute atomic E-state index is 0.0141. The lowest BCUT2D eigenvalue weighted by atomic mass is 9.99. The third-order valence-corrected chi connectivity index (χ3v) is 2.71. The summed E-state index contributed by atoms with van der Waals surface area (Å²) in [7, 11) is 1.57. The number of carbonyl (C=O) groups is 3. The van der Waals surface area contributed by atoms with E-state index in [0.717, 1.165) is 0 Å². The van der Waals surface area contributed by atoms with E-state index in [4.69, 9.17) is 9.84 Å². The molecule has 0 saturated heterocycles. The molecule has 7 heteroatoms. The van der Waals surface area contributed by atoms with Crippen LogP contribution in [-0.2, 0) is 14.3 Å². The van der Waals surface area contributed by atoms with Crippen LogP contribution >= 0.6 is 0 Å². The summed E-state index contributed by atoms with van der Waals surface area (Å²) in [6.45, 7) is 5.80. The molecule has 0 aliphatic heterocycles. The summed E-state index contributed by atoms with van der Waals surface area (Å²) in [6, 6.07) is -0.343. The molecule has 116 valence electrons. The molecular weight excluding hydrogens is 264 g/mol. The highest BCUT2D eigenvalue weighted by atomic mass is 16.5. The van der Waals surface area contributed by atoms with Crippen LogP contribution in [-0.4, -0.2) is 53.7 Å². The summed E-state index contributed by atoms with van der Waals surface area (Å²) >= 11 is 0. The molecule has 2 amide bonds. The van der Waals surface area contributed by atoms with E-state index in [1.165, 1.54) is 4.90 Å². The minimum atomic E-state index is -0.900. The van der Waals surface area contributed by atoms with Crippen molar-refractivity contribution in [3.05, 3.63) is 0 Å². The maximum absolute atomic E-state index is 11.9. The number of urea groups is 1. The van der Waals surface area contributed by atoms with Crippen LogP contribution in [0.15, 0.2) is 0 Å². The molecule has 0 unspecified atom stereocenters. The number of nitrogens with one attached hydrogen (secondary N) is 1. The Bertz CT molecular complexity index is 355. The van der Waals surface area contributed by atoms with Crippen molar-refractivity contribution < 1.29 is 24.2 Å². The van der Waals surface area contributed by atoms with Crippen molar-refractivity contribution in [2.24, 2.45) is 0 Å². The topological polar surface area (TPSA) is 95.9 Å². The lowest BCUT2D eigenvalue weighted by Gasteiger charge is -2.28. The molecule has 0 atom stereocenters. The van der Waals surface area contributed by atoms with Crippen molar-refractivity contribution in [2.75, 3.05) is 20.2 Å². The Kier molecular flexibility index (Phi) is 7.64. The van der Waals surface area contributed by atoms with E-state index in [-0.39, 0.29) is 31.4 Å². The molecule has 2 N–H and O–H groups in total. The van der Waals surface area contributed by atoms with Gasteiger partial charge in [0.15, 0.2) is 0 Å². The van der Waals surface area contributed by atoms with E-state index in [2.05, 4.69) is 5.32 Å². The van der Waals surface area contributed by atoms with Crippen molar-refractivity contribution >= 4 is 18.0 Å². The highest BCUT2D eigenvalue weighted by Crippen LogP contribution is 2.11. The van der Waals surface area contributed by atoms with Gasteiger partial charge in [-0.25, -0.2) is 4.79 Å². The van der Waals surface area contributed by atoms with Crippen molar-refractivity contribution in [1.29, 1.82) is 0 Å². The first-order valence-corrected chi connectivity index (χ1v) is 6.58. The van der Waals surface area contributed by atoms with Gasteiger partial charge < -0.3 is 20.1 Å². The summed E-state index contributed by atoms with van der Waals surface area (Å²) in [5.41, 5.74) is -0.617. The second kappa shape index (κ2) is 8.39. The normalized spacial score (nSPS) is 10.8. The largest absolute Gasteiger partial charge is 0.481 e. The fourth-order valence-electron chi connectivity index (χ4n) is 1.46. The van der Waals surface area contributed by atoms with E-state index >= 15 is 0 Å². The Hall–Kier alpha value is -1.79. The standard InChI is InChI=1S/C13H24N2O5/c1-5-20-11(18)7-9-15(4)12(19)14-13(2,3)8-6-10(16)17/h5-9H2,1-4H3,(H,14,19)(H,16,17). The molecule has 0 radical (unpaired) electrons. The zero-order valence-corrected chi connectivity index (χ0v) is 12.6. The number of nitrogens with zero attached hydrogens (tertiary/aromatic N) is 1. The summed E-state index contributed by atoms with van der Waals surface area (Å²) < 4.78 is 4.78. The Morgan fingerprint density at radius 1 is 1.25 bits per heavy atom. The number of hydrogen-bond acceptors (Lipinski definition) is 4. The molecule has 0 heterocycles. The van der Waals surface area contributed by atoms with Crippen LogP contribution in [0.2, 0.25) is 0 Å². The van der Waals surface area contributed by atoms with E-state index in [1.54, 1.807) is 27.8 Å². The van der Waals surface area contributed by atoms with Gasteiger partial charge in [-0.15, -0.1) is 0 Å². The van der Waals surface area contributed by atoms with E-state index in [1.807, 2.05) is 0 Å². The number of rotatable bonds is 8. The third kappa shape index (κ3) is 8.34. The van der Waals surface area contributed by atoms with Crippen molar-refractivity contribution in [1.82, 2.24) is 10.2 Å². The molecule has 0 rings (SSSR count). The van der Waals surface area contributed by atoms with Gasteiger partial charge in [0.1, 0.15) is 0 Å². The van der Waals surface area contributed by atoms with Crippen molar-refractivity contribution in [2.45, 2.75) is 45.6 Å². The van der Waals surface area contributed by atoms with E-state index in [0.29, 0.717) is 13.0 Å². The van der Waals surface area contributed by atoms with Gasteiger partial charge in [-0.05, 0) is 27.2 Å². The molecular formula is C13H24N2O5. The molecule has 0 aromatic heterocycles. The number of carboxylic acids is 1. The van der Waals surface area contributed by atoms with Crippen LogP contribution < -0.4 is 5.32 Å². The maximum atomic E-state index is 11.9. The van der Waals surface area contributed by atoms with E-state index in [9.17, 15) is 14.4 Å². The maximum Gasteiger partial charge on any atom is 0.317 e. The number of esters is 1. The number of aliphatic carboxylic acids is 1. The zero-order valence-electron chi connectivity index (χ0n) is 12.6. The Morgan fingerprint density at radius 2 is 1.85 bits per heavy atom. The summed E-state index contributed by atoms with van der Waals surface area (Å²) in [4.78, 5) is 35.0. The van der Waals surface area contributed by atoms with Crippen LogP contribution in [0.1, 0.15) is 40.0 Å². The average molecular weight is 288 g/mol. The average Bonchev–Trinajstić information content (AvgIpc) is 2.33. The molecule has 0 fully saturated rings. The quantitative estimate of drug-likeness (QED) is 0.655. The van der Waals surface area contributed by atoms with Crippen LogP contribution in [0, 0.1) is 0 Å². The van der Waals surface area contributed by atoms with Crippen LogP contribution in [0.4, 0.5) is 4.79 Å². The predicted octanol–water partition coefficient (Wildman–Crippen LogP) is 1.22. The summed E-state index contributed by atoms with van der Waals surface area (Å²) in [5.74, 6) is -1.25. The second-order valence-corrected chi connectivity index (χ2v) is 5.18. The molecule has 0 aromatic rings. The number of hydrogen-bond donors (Lipinski definition) is 2. The van der Waals surface area contributed by atoms with Gasteiger partial charge in [0.2, 0.25) is 0 Å². The van der Waals surface area contributed by atoms with Crippen molar-refractivity contribution in [3.63, 3.8) is 0 Å². The number of carboxylic acid groups (broad SMARTS) is 1. The van der Waals surface area contributed by atoms with Crippen LogP contribution in [0.3, 0.4) is 0 Å². The fourth-order valence-corrected chi connectivity index (χ4v) is 1.46. The first-order chi connectivity index (χ1) is 9.18. The summed E-state index contributed by atoms with van der Waals surface area (Å²) in [5, 5.41) is 11.4. The molecule has 20 heavy (non-hydrogen) atoms. The molecule has 0 aromatic carbocycles. The van der Waals surface area contributed by atoms with E-state index < -0.39 is 11.5 Å². The Labute approximate surface area is 119 Å². The lowest BCUT2D eigenvalue weighted by molar-refractivity contribution is -0.143. The predicted molar refractivity (Wildman–Crippen MR) is 73.4 cm³/mol. The van der Waals surface area contributed by atoms with Crippen LogP contribution in [0.25, 0.3) is 0 Å². The number of ether oxygens (including phenoxy) is 1. The van der Waals surface area contributed by atoms with Gasteiger partial charge in [-0.1, -0.05) is 0 Å². The number of amides is 2. The highest BCUT2D eigenvalue weighted by molar-refractivity contribution is 5.76.